The number of aromatic nitrogens is 1. The number of carbonyl (C=O) groups is 1. The molecule has 0 aliphatic rings. The fourth-order valence-corrected chi connectivity index (χ4v) is 0.612. The van der Waals surface area contributed by atoms with E-state index in [4.69, 9.17) is 0 Å². The topological polar surface area (TPSA) is 30.0 Å². The number of pyridine rings is 1. The van der Waals surface area contributed by atoms with E-state index in [0.29, 0.717) is 0 Å². The summed E-state index contributed by atoms with van der Waals surface area (Å²) in [5.74, 6) is 0. The summed E-state index contributed by atoms with van der Waals surface area (Å²) >= 11 is 0. The molecule has 10 heavy (non-hydrogen) atoms. The Morgan fingerprint density at radius 2 is 2.30 bits per heavy atom. The molecule has 0 radical (unpaired) electrons. The van der Waals surface area contributed by atoms with Gasteiger partial charge in [0.25, 0.3) is 0 Å². The number of rotatable bonds is 2. The van der Waals surface area contributed by atoms with Crippen LogP contribution in [-0.2, 0) is 4.79 Å². The molecular weight excluding hydrogens is 126 g/mol. The molecule has 0 aliphatic heterocycles. The largest absolute Gasteiger partial charge is 0.299 e. The van der Waals surface area contributed by atoms with Crippen LogP contribution >= 0.6 is 0 Å². The molecule has 0 aromatic carbocycles. The molecule has 0 unspecified atom stereocenters. The lowest BCUT2D eigenvalue weighted by Crippen LogP contribution is -1.75. The molecule has 0 N–H and O–H groups in total. The fraction of sp³-hybridized carbons (Fsp3) is 0. The van der Waals surface area contributed by atoms with E-state index in [0.717, 1.165) is 12.0 Å². The molecule has 0 saturated carbocycles. The van der Waals surface area contributed by atoms with Crippen LogP contribution in [0.2, 0.25) is 0 Å². The van der Waals surface area contributed by atoms with E-state index < -0.39 is 0 Å². The minimum absolute atomic E-state index is 0.731. The Morgan fingerprint density at radius 3 is 2.90 bits per heavy atom. The van der Waals surface area contributed by atoms with Crippen LogP contribution in [0.1, 0.15) is 5.69 Å². The molecule has 0 aliphatic carbocycles. The Balaban J connectivity index is 2.76. The molecule has 0 fully saturated rings. The van der Waals surface area contributed by atoms with Crippen LogP contribution in [0.4, 0.5) is 0 Å². The van der Waals surface area contributed by atoms with Crippen LogP contribution in [0.25, 0.3) is 6.08 Å². The quantitative estimate of drug-likeness (QED) is 0.449. The first-order valence-corrected chi connectivity index (χ1v) is 2.96. The van der Waals surface area contributed by atoms with Gasteiger partial charge in [0.05, 0.1) is 5.69 Å². The normalized spacial score (nSPS) is 10.0. The van der Waals surface area contributed by atoms with Crippen LogP contribution in [0.5, 0.6) is 0 Å². The highest BCUT2D eigenvalue weighted by molar-refractivity contribution is 5.72. The molecule has 1 aromatic heterocycles. The van der Waals surface area contributed by atoms with Crippen molar-refractivity contribution >= 4 is 12.4 Å². The number of carbonyl (C=O) groups excluding carboxylic acids is 1. The van der Waals surface area contributed by atoms with Crippen LogP contribution in [0.3, 0.4) is 0 Å². The standard InChI is InChI=1S/C8H7NO/c10-7-3-5-8-4-1-2-6-9-8/h1-7H/b5-3+. The molecule has 0 amide bonds. The first-order valence-electron chi connectivity index (χ1n) is 2.96. The predicted octanol–water partition coefficient (Wildman–Crippen LogP) is 1.29. The van der Waals surface area contributed by atoms with Crippen molar-refractivity contribution in [1.82, 2.24) is 4.98 Å². The zero-order valence-electron chi connectivity index (χ0n) is 5.40. The summed E-state index contributed by atoms with van der Waals surface area (Å²) in [6.45, 7) is 0. The van der Waals surface area contributed by atoms with Gasteiger partial charge in [-0.15, -0.1) is 0 Å². The maximum atomic E-state index is 9.86. The molecule has 1 heterocycles. The Kier molecular flexibility index (Phi) is 2.38. The summed E-state index contributed by atoms with van der Waals surface area (Å²) in [4.78, 5) is 13.8. The Bertz CT molecular complexity index is 228. The third kappa shape index (κ3) is 1.82. The van der Waals surface area contributed by atoms with Gasteiger partial charge in [0.15, 0.2) is 0 Å². The minimum atomic E-state index is 0.731. The highest BCUT2D eigenvalue weighted by Gasteiger charge is 1.80. The van der Waals surface area contributed by atoms with Crippen molar-refractivity contribution in [3.8, 4) is 0 Å². The third-order valence-electron chi connectivity index (χ3n) is 1.03. The second-order valence-electron chi connectivity index (χ2n) is 1.75. The van der Waals surface area contributed by atoms with Crippen LogP contribution in [0.15, 0.2) is 30.5 Å². The van der Waals surface area contributed by atoms with Crippen molar-refractivity contribution in [2.75, 3.05) is 0 Å². The molecule has 0 bridgehead atoms. The second-order valence-corrected chi connectivity index (χ2v) is 1.75. The van der Waals surface area contributed by atoms with Crippen LogP contribution < -0.4 is 0 Å². The van der Waals surface area contributed by atoms with Gasteiger partial charge in [-0.05, 0) is 24.3 Å². The minimum Gasteiger partial charge on any atom is -0.299 e. The van der Waals surface area contributed by atoms with Gasteiger partial charge < -0.3 is 0 Å². The Hall–Kier alpha value is -1.44. The number of aldehydes is 1. The van der Waals surface area contributed by atoms with E-state index in [-0.39, 0.29) is 0 Å². The van der Waals surface area contributed by atoms with Crippen LogP contribution in [0, 0.1) is 0 Å². The van der Waals surface area contributed by atoms with Gasteiger partial charge in [-0.3, -0.25) is 9.78 Å². The molecule has 0 atom stereocenters. The van der Waals surface area contributed by atoms with E-state index in [1.54, 1.807) is 12.3 Å². The van der Waals surface area contributed by atoms with Gasteiger partial charge >= 0.3 is 0 Å². The number of hydrogen-bond donors (Lipinski definition) is 0. The predicted molar refractivity (Wildman–Crippen MR) is 39.3 cm³/mol. The third-order valence-corrected chi connectivity index (χ3v) is 1.03. The summed E-state index contributed by atoms with van der Waals surface area (Å²) in [6, 6.07) is 5.54. The number of allylic oxidation sites excluding steroid dienone is 1. The summed E-state index contributed by atoms with van der Waals surface area (Å²) in [7, 11) is 0. The molecule has 2 nitrogen and oxygen atoms in total. The number of hydrogen-bond acceptors (Lipinski definition) is 2. The molecule has 1 rings (SSSR count). The van der Waals surface area contributed by atoms with Gasteiger partial charge in [0, 0.05) is 6.20 Å². The molecular formula is C8H7NO. The van der Waals surface area contributed by atoms with Gasteiger partial charge in [-0.2, -0.15) is 0 Å². The lowest BCUT2D eigenvalue weighted by Gasteiger charge is -1.85. The van der Waals surface area contributed by atoms with Crippen molar-refractivity contribution in [3.05, 3.63) is 36.2 Å². The summed E-state index contributed by atoms with van der Waals surface area (Å²) in [5, 5.41) is 0. The molecule has 2 heteroatoms. The van der Waals surface area contributed by atoms with Crippen molar-refractivity contribution < 1.29 is 4.79 Å². The van der Waals surface area contributed by atoms with E-state index in [2.05, 4.69) is 4.98 Å². The monoisotopic (exact) mass is 133 g/mol. The van der Waals surface area contributed by atoms with Crippen molar-refractivity contribution in [3.63, 3.8) is 0 Å². The first-order chi connectivity index (χ1) is 4.93. The molecule has 0 spiro atoms. The highest BCUT2D eigenvalue weighted by atomic mass is 16.1. The lowest BCUT2D eigenvalue weighted by atomic mass is 10.3. The first kappa shape index (κ1) is 6.68. The van der Waals surface area contributed by atoms with Crippen molar-refractivity contribution in [2.45, 2.75) is 0 Å². The zero-order chi connectivity index (χ0) is 7.23. The Morgan fingerprint density at radius 1 is 1.40 bits per heavy atom. The zero-order valence-corrected chi connectivity index (χ0v) is 5.40. The van der Waals surface area contributed by atoms with Gasteiger partial charge in [0.1, 0.15) is 6.29 Å². The van der Waals surface area contributed by atoms with Gasteiger partial charge in [-0.1, -0.05) is 6.07 Å². The highest BCUT2D eigenvalue weighted by Crippen LogP contribution is 1.94. The number of nitrogens with zero attached hydrogens (tertiary/aromatic N) is 1. The fourth-order valence-electron chi connectivity index (χ4n) is 0.612. The van der Waals surface area contributed by atoms with E-state index in [1.807, 2.05) is 18.2 Å². The second kappa shape index (κ2) is 3.56. The van der Waals surface area contributed by atoms with Gasteiger partial charge in [-0.25, -0.2) is 0 Å². The van der Waals surface area contributed by atoms with Crippen molar-refractivity contribution in [1.29, 1.82) is 0 Å². The van der Waals surface area contributed by atoms with E-state index >= 15 is 0 Å². The lowest BCUT2D eigenvalue weighted by molar-refractivity contribution is -0.104. The van der Waals surface area contributed by atoms with Crippen molar-refractivity contribution in [2.24, 2.45) is 0 Å². The van der Waals surface area contributed by atoms with E-state index in [1.165, 1.54) is 6.08 Å². The van der Waals surface area contributed by atoms with E-state index in [9.17, 15) is 4.79 Å². The summed E-state index contributed by atoms with van der Waals surface area (Å²) < 4.78 is 0. The SMILES string of the molecule is O=C/C=C/c1ccccn1. The molecule has 0 saturated heterocycles. The molecule has 1 aromatic rings. The summed E-state index contributed by atoms with van der Waals surface area (Å²) in [6.07, 6.45) is 5.49. The maximum Gasteiger partial charge on any atom is 0.142 e. The average molecular weight is 133 g/mol. The van der Waals surface area contributed by atoms with Gasteiger partial charge in [0.2, 0.25) is 0 Å². The maximum absolute atomic E-state index is 9.86. The Labute approximate surface area is 59.2 Å². The van der Waals surface area contributed by atoms with Crippen LogP contribution in [-0.4, -0.2) is 11.3 Å². The summed E-state index contributed by atoms with van der Waals surface area (Å²) in [5.41, 5.74) is 0.801. The molecule has 50 valence electrons. The smallest absolute Gasteiger partial charge is 0.142 e. The average Bonchev–Trinajstić information content (AvgIpc) is 2.03.